The largest absolute Gasteiger partial charge is 0.292 e. The molecule has 0 aliphatic carbocycles. The van der Waals surface area contributed by atoms with E-state index in [9.17, 15) is 9.18 Å². The highest BCUT2D eigenvalue weighted by molar-refractivity contribution is 5.96. The van der Waals surface area contributed by atoms with E-state index < -0.39 is 0 Å². The van der Waals surface area contributed by atoms with E-state index in [1.807, 2.05) is 48.0 Å². The molecule has 3 heterocycles. The molecule has 0 amide bonds. The highest BCUT2D eigenvalue weighted by atomic mass is 19.1. The van der Waals surface area contributed by atoms with Crippen molar-refractivity contribution >= 4 is 5.78 Å². The van der Waals surface area contributed by atoms with Crippen molar-refractivity contribution < 1.29 is 9.18 Å². The van der Waals surface area contributed by atoms with Gasteiger partial charge in [-0.25, -0.2) is 9.07 Å². The lowest BCUT2D eigenvalue weighted by atomic mass is 9.94. The Kier molecular flexibility index (Phi) is 5.35. The van der Waals surface area contributed by atoms with Crippen LogP contribution in [0.2, 0.25) is 0 Å². The van der Waals surface area contributed by atoms with Crippen LogP contribution < -0.4 is 0 Å². The third-order valence-electron chi connectivity index (χ3n) is 6.04. The van der Waals surface area contributed by atoms with Crippen LogP contribution in [0.25, 0.3) is 11.1 Å². The van der Waals surface area contributed by atoms with Crippen LogP contribution in [-0.2, 0) is 12.8 Å². The van der Waals surface area contributed by atoms with Gasteiger partial charge in [0, 0.05) is 18.3 Å². The first-order valence-corrected chi connectivity index (χ1v) is 10.8. The van der Waals surface area contributed by atoms with Crippen molar-refractivity contribution in [2.24, 2.45) is 0 Å². The van der Waals surface area contributed by atoms with Crippen LogP contribution in [0.1, 0.15) is 51.9 Å². The summed E-state index contributed by atoms with van der Waals surface area (Å²) < 4.78 is 15.2. The zero-order valence-corrected chi connectivity index (χ0v) is 17.8. The first kappa shape index (κ1) is 20.2. The molecule has 5 nitrogen and oxygen atoms in total. The molecule has 0 saturated heterocycles. The SMILES string of the molecule is Cc1cc(-c2ccc(CC(=O)c3nnn4c3CCCC4c3ccc(F)cc3)cc2)ccn1. The number of aryl methyl sites for hydroxylation is 1. The number of nitrogens with zero attached hydrogens (tertiary/aromatic N) is 4. The number of carbonyl (C=O) groups excluding carboxylic acids is 1. The summed E-state index contributed by atoms with van der Waals surface area (Å²) in [5.74, 6) is -0.289. The second-order valence-corrected chi connectivity index (χ2v) is 8.27. The van der Waals surface area contributed by atoms with Crippen LogP contribution in [-0.4, -0.2) is 25.8 Å². The third kappa shape index (κ3) is 3.96. The van der Waals surface area contributed by atoms with Gasteiger partial charge in [0.25, 0.3) is 0 Å². The standard InChI is InChI=1S/C26H23FN4O/c1-17-15-21(13-14-28-17)19-7-5-18(6-8-19)16-25(32)26-24-4-2-3-23(31(24)30-29-26)20-9-11-22(27)12-10-20/h5-15,23H,2-4,16H2,1H3. The Balaban J connectivity index is 1.35. The van der Waals surface area contributed by atoms with E-state index in [0.29, 0.717) is 5.69 Å². The summed E-state index contributed by atoms with van der Waals surface area (Å²) in [7, 11) is 0. The van der Waals surface area contributed by atoms with E-state index in [1.54, 1.807) is 18.3 Å². The van der Waals surface area contributed by atoms with E-state index in [0.717, 1.165) is 52.9 Å². The fraction of sp³-hybridized carbons (Fsp3) is 0.231. The van der Waals surface area contributed by atoms with Gasteiger partial charge >= 0.3 is 0 Å². The van der Waals surface area contributed by atoms with Crippen LogP contribution in [0.5, 0.6) is 0 Å². The van der Waals surface area contributed by atoms with Gasteiger partial charge in [-0.3, -0.25) is 9.78 Å². The Morgan fingerprint density at radius 2 is 1.84 bits per heavy atom. The normalized spacial score (nSPS) is 15.4. The Morgan fingerprint density at radius 3 is 2.59 bits per heavy atom. The van der Waals surface area contributed by atoms with E-state index in [4.69, 9.17) is 0 Å². The molecule has 0 saturated carbocycles. The highest BCUT2D eigenvalue weighted by Gasteiger charge is 2.28. The number of benzene rings is 2. The molecule has 0 N–H and O–H groups in total. The average molecular weight is 426 g/mol. The fourth-order valence-corrected chi connectivity index (χ4v) is 4.40. The lowest BCUT2D eigenvalue weighted by Crippen LogP contribution is -2.21. The van der Waals surface area contributed by atoms with Crippen LogP contribution in [0, 0.1) is 12.7 Å². The minimum atomic E-state index is -0.260. The number of ketones is 1. The summed E-state index contributed by atoms with van der Waals surface area (Å²) in [5.41, 5.74) is 6.42. The first-order valence-electron chi connectivity index (χ1n) is 10.8. The molecule has 5 rings (SSSR count). The summed E-state index contributed by atoms with van der Waals surface area (Å²) >= 11 is 0. The summed E-state index contributed by atoms with van der Waals surface area (Å²) in [6.45, 7) is 1.97. The maximum absolute atomic E-state index is 13.3. The minimum absolute atomic E-state index is 0.0171. The number of halogens is 1. The Hall–Kier alpha value is -3.67. The molecule has 1 aliphatic rings. The number of hydrogen-bond donors (Lipinski definition) is 0. The summed E-state index contributed by atoms with van der Waals surface area (Å²) in [6, 6.07) is 18.5. The Morgan fingerprint density at radius 1 is 1.06 bits per heavy atom. The number of aromatic nitrogens is 4. The second-order valence-electron chi connectivity index (χ2n) is 8.27. The van der Waals surface area contributed by atoms with Crippen molar-refractivity contribution in [2.45, 2.75) is 38.6 Å². The van der Waals surface area contributed by atoms with Crippen molar-refractivity contribution in [1.29, 1.82) is 0 Å². The summed E-state index contributed by atoms with van der Waals surface area (Å²) in [4.78, 5) is 17.3. The molecule has 1 unspecified atom stereocenters. The molecule has 0 radical (unpaired) electrons. The smallest absolute Gasteiger partial charge is 0.189 e. The van der Waals surface area contributed by atoms with Gasteiger partial charge in [0.1, 0.15) is 5.82 Å². The maximum atomic E-state index is 13.3. The van der Waals surface area contributed by atoms with Gasteiger partial charge < -0.3 is 0 Å². The van der Waals surface area contributed by atoms with Crippen LogP contribution in [0.15, 0.2) is 66.9 Å². The van der Waals surface area contributed by atoms with Gasteiger partial charge in [-0.1, -0.05) is 41.6 Å². The molecule has 1 aliphatic heterocycles. The van der Waals surface area contributed by atoms with Gasteiger partial charge in [0.15, 0.2) is 11.5 Å². The number of fused-ring (bicyclic) bond motifs is 1. The van der Waals surface area contributed by atoms with Crippen LogP contribution in [0.4, 0.5) is 4.39 Å². The molecule has 0 bridgehead atoms. The molecular weight excluding hydrogens is 403 g/mol. The molecule has 2 aromatic carbocycles. The van der Waals surface area contributed by atoms with Gasteiger partial charge in [0.05, 0.1) is 11.7 Å². The quantitative estimate of drug-likeness (QED) is 0.415. The molecule has 0 fully saturated rings. The van der Waals surface area contributed by atoms with Crippen molar-refractivity contribution in [3.8, 4) is 11.1 Å². The van der Waals surface area contributed by atoms with Gasteiger partial charge in [-0.2, -0.15) is 0 Å². The van der Waals surface area contributed by atoms with Crippen molar-refractivity contribution in [1.82, 2.24) is 20.0 Å². The molecule has 1 atom stereocenters. The number of Topliss-reactive ketones (excluding diaryl/α,β-unsaturated/α-hetero) is 1. The molecule has 160 valence electrons. The zero-order chi connectivity index (χ0) is 22.1. The van der Waals surface area contributed by atoms with Crippen molar-refractivity contribution in [2.75, 3.05) is 0 Å². The molecule has 4 aromatic rings. The zero-order valence-electron chi connectivity index (χ0n) is 17.8. The highest BCUT2D eigenvalue weighted by Crippen LogP contribution is 2.31. The van der Waals surface area contributed by atoms with Gasteiger partial charge in [-0.05, 0) is 72.7 Å². The van der Waals surface area contributed by atoms with Crippen LogP contribution >= 0.6 is 0 Å². The first-order chi connectivity index (χ1) is 15.6. The Bertz CT molecular complexity index is 1260. The topological polar surface area (TPSA) is 60.7 Å². The van der Waals surface area contributed by atoms with E-state index >= 15 is 0 Å². The molecule has 6 heteroatoms. The van der Waals surface area contributed by atoms with Crippen molar-refractivity contribution in [3.05, 3.63) is 101 Å². The van der Waals surface area contributed by atoms with Crippen molar-refractivity contribution in [3.63, 3.8) is 0 Å². The van der Waals surface area contributed by atoms with Gasteiger partial charge in [0.2, 0.25) is 0 Å². The van der Waals surface area contributed by atoms with E-state index in [2.05, 4.69) is 15.3 Å². The summed E-state index contributed by atoms with van der Waals surface area (Å²) in [6.07, 6.45) is 4.69. The maximum Gasteiger partial charge on any atom is 0.189 e. The lowest BCUT2D eigenvalue weighted by molar-refractivity contribution is 0.0987. The third-order valence-corrected chi connectivity index (χ3v) is 6.04. The van der Waals surface area contributed by atoms with E-state index in [-0.39, 0.29) is 24.1 Å². The molecule has 2 aromatic heterocycles. The summed E-state index contributed by atoms with van der Waals surface area (Å²) in [5, 5.41) is 8.55. The molecular formula is C26H23FN4O. The second kappa shape index (κ2) is 8.46. The lowest BCUT2D eigenvalue weighted by Gasteiger charge is -2.24. The van der Waals surface area contributed by atoms with Gasteiger partial charge in [-0.15, -0.1) is 5.10 Å². The van der Waals surface area contributed by atoms with E-state index in [1.165, 1.54) is 12.1 Å². The van der Waals surface area contributed by atoms with Crippen LogP contribution in [0.3, 0.4) is 0 Å². The average Bonchev–Trinajstić information content (AvgIpc) is 3.25. The Labute approximate surface area is 185 Å². The number of pyridine rings is 1. The predicted molar refractivity (Wildman–Crippen MR) is 120 cm³/mol. The number of rotatable bonds is 5. The number of carbonyl (C=O) groups is 1. The molecule has 32 heavy (non-hydrogen) atoms. The monoisotopic (exact) mass is 426 g/mol. The molecule has 0 spiro atoms. The minimum Gasteiger partial charge on any atom is -0.292 e. The predicted octanol–water partition coefficient (Wildman–Crippen LogP) is 5.14. The fourth-order valence-electron chi connectivity index (χ4n) is 4.40. The number of hydrogen-bond acceptors (Lipinski definition) is 4.